The van der Waals surface area contributed by atoms with Crippen molar-refractivity contribution in [1.29, 1.82) is 0 Å². The summed E-state index contributed by atoms with van der Waals surface area (Å²) in [5, 5.41) is 2.70. The van der Waals surface area contributed by atoms with Crippen LogP contribution in [0.25, 0.3) is 0 Å². The van der Waals surface area contributed by atoms with E-state index in [4.69, 9.17) is 0 Å². The second kappa shape index (κ2) is 8.86. The van der Waals surface area contributed by atoms with Crippen LogP contribution in [0.2, 0.25) is 0 Å². The van der Waals surface area contributed by atoms with Crippen LogP contribution in [0, 0.1) is 6.92 Å². The van der Waals surface area contributed by atoms with Crippen LogP contribution < -0.4 is 5.32 Å². The minimum atomic E-state index is -4.48. The third-order valence-electron chi connectivity index (χ3n) is 5.07. The molecule has 1 aromatic heterocycles. The normalized spacial score (nSPS) is 17.6. The summed E-state index contributed by atoms with van der Waals surface area (Å²) >= 11 is 0. The van der Waals surface area contributed by atoms with Crippen molar-refractivity contribution in [2.24, 2.45) is 0 Å². The summed E-state index contributed by atoms with van der Waals surface area (Å²) < 4.78 is 40.0. The second-order valence-corrected chi connectivity index (χ2v) is 7.40. The minimum Gasteiger partial charge on any atom is -0.353 e. The molecule has 0 spiro atoms. The molecular weight excluding hydrogens is 399 g/mol. The van der Waals surface area contributed by atoms with Gasteiger partial charge in [0.1, 0.15) is 5.82 Å². The van der Waals surface area contributed by atoms with E-state index in [0.717, 1.165) is 11.8 Å². The Morgan fingerprint density at radius 2 is 2.07 bits per heavy atom. The summed E-state index contributed by atoms with van der Waals surface area (Å²) in [4.78, 5) is 35.4. The second-order valence-electron chi connectivity index (χ2n) is 7.40. The molecule has 1 fully saturated rings. The van der Waals surface area contributed by atoms with Crippen molar-refractivity contribution in [3.05, 3.63) is 53.1 Å². The number of piperazine rings is 1. The van der Waals surface area contributed by atoms with Crippen molar-refractivity contribution in [1.82, 2.24) is 25.1 Å². The summed E-state index contributed by atoms with van der Waals surface area (Å²) in [5.74, 6) is -0.0334. The number of imidazole rings is 1. The van der Waals surface area contributed by atoms with Crippen molar-refractivity contribution in [2.75, 3.05) is 20.1 Å². The first-order valence-corrected chi connectivity index (χ1v) is 9.56. The molecule has 2 aromatic rings. The maximum Gasteiger partial charge on any atom is 0.416 e. The zero-order valence-corrected chi connectivity index (χ0v) is 16.8. The Morgan fingerprint density at radius 3 is 2.73 bits per heavy atom. The predicted molar refractivity (Wildman–Crippen MR) is 103 cm³/mol. The number of rotatable bonds is 6. The van der Waals surface area contributed by atoms with Gasteiger partial charge >= 0.3 is 6.18 Å². The van der Waals surface area contributed by atoms with Gasteiger partial charge in [-0.2, -0.15) is 13.2 Å². The van der Waals surface area contributed by atoms with E-state index in [0.29, 0.717) is 18.9 Å². The molecule has 2 amide bonds. The van der Waals surface area contributed by atoms with Gasteiger partial charge < -0.3 is 15.2 Å². The number of carbonyl (C=O) groups is 2. The van der Waals surface area contributed by atoms with E-state index in [9.17, 15) is 22.8 Å². The van der Waals surface area contributed by atoms with Crippen molar-refractivity contribution >= 4 is 11.8 Å². The molecular formula is C20H24F3N5O2. The smallest absolute Gasteiger partial charge is 0.353 e. The Morgan fingerprint density at radius 1 is 1.33 bits per heavy atom. The summed E-state index contributed by atoms with van der Waals surface area (Å²) in [7, 11) is 1.60. The number of amides is 2. The highest BCUT2D eigenvalue weighted by Gasteiger charge is 2.36. The number of alkyl halides is 3. The number of benzene rings is 1. The fourth-order valence-corrected chi connectivity index (χ4v) is 3.51. The zero-order valence-electron chi connectivity index (χ0n) is 16.8. The number of halogens is 3. The van der Waals surface area contributed by atoms with E-state index in [1.807, 2.05) is 6.92 Å². The number of carbonyl (C=O) groups excluding carboxylic acids is 2. The number of hydrogen-bond donors (Lipinski definition) is 2. The van der Waals surface area contributed by atoms with Crippen LogP contribution in [0.3, 0.4) is 0 Å². The summed E-state index contributed by atoms with van der Waals surface area (Å²) in [6.07, 6.45) is -2.96. The summed E-state index contributed by atoms with van der Waals surface area (Å²) in [6, 6.07) is 4.46. The van der Waals surface area contributed by atoms with Gasteiger partial charge in [-0.3, -0.25) is 14.5 Å². The molecule has 162 valence electrons. The highest BCUT2D eigenvalue weighted by atomic mass is 19.4. The van der Waals surface area contributed by atoms with Crippen molar-refractivity contribution in [3.8, 4) is 0 Å². The molecule has 1 saturated heterocycles. The Hall–Kier alpha value is -2.88. The highest BCUT2D eigenvalue weighted by molar-refractivity contribution is 5.88. The van der Waals surface area contributed by atoms with Gasteiger partial charge in [0.2, 0.25) is 11.8 Å². The number of nitrogens with one attached hydrogen (secondary N) is 2. The molecule has 1 atom stereocenters. The van der Waals surface area contributed by atoms with Gasteiger partial charge in [0.15, 0.2) is 0 Å². The number of H-pyrrole nitrogens is 1. The molecule has 0 saturated carbocycles. The van der Waals surface area contributed by atoms with Gasteiger partial charge in [-0.1, -0.05) is 18.2 Å². The number of nitrogens with zero attached hydrogens (tertiary/aromatic N) is 3. The first kappa shape index (κ1) is 21.8. The standard InChI is InChI=1S/C20H24F3N5O2/c1-13-10-25-17(26-13)12-27(2)18(29)9-16-19(30)24-7-8-28(16)11-14-5-3-4-6-15(14)20(21,22)23/h3-6,10,16H,7-9,11-12H2,1-2H3,(H,24,30)(H,25,26)/t16-/m0/s1. The maximum atomic E-state index is 13.3. The molecule has 1 aromatic carbocycles. The van der Waals surface area contributed by atoms with Crippen LogP contribution >= 0.6 is 0 Å². The molecule has 0 bridgehead atoms. The van der Waals surface area contributed by atoms with E-state index >= 15 is 0 Å². The molecule has 1 aliphatic heterocycles. The topological polar surface area (TPSA) is 81.3 Å². The molecule has 2 heterocycles. The van der Waals surface area contributed by atoms with Crippen LogP contribution in [0.1, 0.15) is 29.1 Å². The lowest BCUT2D eigenvalue weighted by molar-refractivity contribution is -0.140. The van der Waals surface area contributed by atoms with E-state index in [-0.39, 0.29) is 36.9 Å². The average molecular weight is 423 g/mol. The number of hydrogen-bond acceptors (Lipinski definition) is 4. The quantitative estimate of drug-likeness (QED) is 0.746. The minimum absolute atomic E-state index is 0.0673. The van der Waals surface area contributed by atoms with E-state index in [1.165, 1.54) is 23.1 Å². The highest BCUT2D eigenvalue weighted by Crippen LogP contribution is 2.32. The zero-order chi connectivity index (χ0) is 21.9. The number of aryl methyl sites for hydroxylation is 1. The van der Waals surface area contributed by atoms with Crippen molar-refractivity contribution in [3.63, 3.8) is 0 Å². The van der Waals surface area contributed by atoms with Crippen molar-refractivity contribution in [2.45, 2.75) is 38.7 Å². The Labute approximate surface area is 172 Å². The lowest BCUT2D eigenvalue weighted by atomic mass is 10.0. The van der Waals surface area contributed by atoms with Gasteiger partial charge in [-0.05, 0) is 18.6 Å². The molecule has 30 heavy (non-hydrogen) atoms. The van der Waals surface area contributed by atoms with Gasteiger partial charge in [-0.15, -0.1) is 0 Å². The van der Waals surface area contributed by atoms with Crippen LogP contribution in [-0.2, 0) is 28.9 Å². The molecule has 3 rings (SSSR count). The van der Waals surface area contributed by atoms with Crippen molar-refractivity contribution < 1.29 is 22.8 Å². The van der Waals surface area contributed by atoms with Crippen LogP contribution in [0.4, 0.5) is 13.2 Å². The van der Waals surface area contributed by atoms with E-state index in [2.05, 4.69) is 15.3 Å². The molecule has 0 unspecified atom stereocenters. The van der Waals surface area contributed by atoms with E-state index in [1.54, 1.807) is 18.1 Å². The summed E-state index contributed by atoms with van der Waals surface area (Å²) in [5.41, 5.74) is 0.218. The first-order valence-electron chi connectivity index (χ1n) is 9.56. The van der Waals surface area contributed by atoms with E-state index < -0.39 is 17.8 Å². The van der Waals surface area contributed by atoms with Crippen LogP contribution in [-0.4, -0.2) is 57.8 Å². The largest absolute Gasteiger partial charge is 0.416 e. The number of aromatic nitrogens is 2. The molecule has 10 heteroatoms. The molecule has 0 aliphatic carbocycles. The SMILES string of the molecule is Cc1cnc(CN(C)C(=O)C[C@H]2C(=O)NCCN2Cc2ccccc2C(F)(F)F)[nH]1. The third-order valence-corrected chi connectivity index (χ3v) is 5.07. The molecule has 2 N–H and O–H groups in total. The predicted octanol–water partition coefficient (Wildman–Crippen LogP) is 2.09. The molecule has 1 aliphatic rings. The first-order chi connectivity index (χ1) is 14.1. The molecule has 0 radical (unpaired) electrons. The molecule has 7 nitrogen and oxygen atoms in total. The van der Waals surface area contributed by atoms with Gasteiger partial charge in [0, 0.05) is 38.6 Å². The summed E-state index contributed by atoms with van der Waals surface area (Å²) in [6.45, 7) is 2.71. The van der Waals surface area contributed by atoms with Gasteiger partial charge in [0.25, 0.3) is 0 Å². The lowest BCUT2D eigenvalue weighted by Gasteiger charge is -2.35. The van der Waals surface area contributed by atoms with Gasteiger partial charge in [0.05, 0.1) is 24.6 Å². The maximum absolute atomic E-state index is 13.3. The van der Waals surface area contributed by atoms with Crippen LogP contribution in [0.5, 0.6) is 0 Å². The Balaban J connectivity index is 1.72. The average Bonchev–Trinajstić information content (AvgIpc) is 3.08. The lowest BCUT2D eigenvalue weighted by Crippen LogP contribution is -2.56. The monoisotopic (exact) mass is 423 g/mol. The fraction of sp³-hybridized carbons (Fsp3) is 0.450. The Kier molecular flexibility index (Phi) is 6.45. The Bertz CT molecular complexity index is 912. The third kappa shape index (κ3) is 5.18. The van der Waals surface area contributed by atoms with Gasteiger partial charge in [-0.25, -0.2) is 4.98 Å². The van der Waals surface area contributed by atoms with Crippen LogP contribution in [0.15, 0.2) is 30.5 Å². The number of aromatic amines is 1. The fourth-order valence-electron chi connectivity index (χ4n) is 3.51.